The number of carbonyl (C=O) groups is 3. The molecule has 0 bridgehead atoms. The Morgan fingerprint density at radius 1 is 0.721 bits per heavy atom. The minimum absolute atomic E-state index is 0. The number of hydrogen-bond donors (Lipinski definition) is 2. The van der Waals surface area contributed by atoms with Gasteiger partial charge in [0.2, 0.25) is 10.0 Å². The standard InChI is InChI=1S/C22H24Cl2N2O6S.C16H14Cl3NO2S.C5H11NO2.CO2.ClH/c1-26-11-17(16-8-14(23)9-19(24)18(16)12-26)13-5-4-6-15(7-13)33(29,30)25-20(22(28)32-3)10-21(27)31-2;1-20-8-14(10-3-2-4-12(5-10)23(19,21)22)13-6-11(17)7-16(18)15(13)9-20;1-4(6)3-5(7)8-2;2-1-3;/h4-9,17,20,25H,10-12H2,1-3H3;2-7,14H,8-9H2,1H3;4H,3,6H2,1-2H3;;1H. The minimum atomic E-state index is -4.16. The van der Waals surface area contributed by atoms with Crippen molar-refractivity contribution in [2.24, 2.45) is 5.73 Å². The Hall–Kier alpha value is -3.85. The molecule has 2 aliphatic rings. The summed E-state index contributed by atoms with van der Waals surface area (Å²) < 4.78 is 65.1. The molecule has 3 N–H and O–H groups in total. The third-order valence-electron chi connectivity index (χ3n) is 10.2. The summed E-state index contributed by atoms with van der Waals surface area (Å²) in [6, 6.07) is 18.8. The molecule has 0 fully saturated rings. The quantitative estimate of drug-likeness (QED) is 0.0861. The number of nitrogens with one attached hydrogen (secondary N) is 1. The van der Waals surface area contributed by atoms with E-state index in [0.29, 0.717) is 39.6 Å². The first-order chi connectivity index (χ1) is 31.4. The van der Waals surface area contributed by atoms with Crippen molar-refractivity contribution in [1.29, 1.82) is 0 Å². The van der Waals surface area contributed by atoms with Crippen LogP contribution in [0.25, 0.3) is 0 Å². The molecule has 2 heterocycles. The number of nitrogens with two attached hydrogens (primary N) is 1. The van der Waals surface area contributed by atoms with Crippen molar-refractivity contribution in [3.8, 4) is 0 Å². The Morgan fingerprint density at radius 3 is 1.51 bits per heavy atom. The fourth-order valence-electron chi connectivity index (χ4n) is 7.21. The van der Waals surface area contributed by atoms with Gasteiger partial charge in [-0.15, -0.1) is 12.4 Å². The van der Waals surface area contributed by atoms with Crippen LogP contribution in [0, 0.1) is 0 Å². The lowest BCUT2D eigenvalue weighted by Crippen LogP contribution is -2.43. The minimum Gasteiger partial charge on any atom is -0.469 e. The molecule has 0 saturated heterocycles. The van der Waals surface area contributed by atoms with Crippen LogP contribution in [0.15, 0.2) is 82.6 Å². The van der Waals surface area contributed by atoms with Crippen LogP contribution in [-0.4, -0.2) is 111 Å². The third-order valence-corrected chi connectivity index (χ3v) is 14.1. The van der Waals surface area contributed by atoms with Gasteiger partial charge in [0.05, 0.1) is 44.0 Å². The van der Waals surface area contributed by atoms with Crippen molar-refractivity contribution in [1.82, 2.24) is 14.5 Å². The molecule has 0 aliphatic carbocycles. The van der Waals surface area contributed by atoms with Crippen LogP contribution in [0.4, 0.5) is 0 Å². The molecule has 372 valence electrons. The molecule has 4 unspecified atom stereocenters. The molecule has 2 aliphatic heterocycles. The number of hydrogen-bond acceptors (Lipinski definition) is 15. The van der Waals surface area contributed by atoms with Gasteiger partial charge >= 0.3 is 24.1 Å². The maximum atomic E-state index is 13.1. The van der Waals surface area contributed by atoms with E-state index in [9.17, 15) is 31.2 Å². The lowest BCUT2D eigenvalue weighted by atomic mass is 9.85. The number of rotatable bonds is 11. The monoisotopic (exact) mass is 1100 g/mol. The molecule has 0 saturated carbocycles. The predicted octanol–water partition coefficient (Wildman–Crippen LogP) is 7.19. The summed E-state index contributed by atoms with van der Waals surface area (Å²) in [5.41, 5.74) is 10.8. The average Bonchev–Trinajstić information content (AvgIpc) is 3.26. The Morgan fingerprint density at radius 2 is 1.13 bits per heavy atom. The van der Waals surface area contributed by atoms with Crippen LogP contribution in [0.2, 0.25) is 20.1 Å². The number of esters is 3. The van der Waals surface area contributed by atoms with Gasteiger partial charge in [-0.25, -0.2) is 16.8 Å². The maximum absolute atomic E-state index is 13.1. The Bertz CT molecular complexity index is 2670. The highest BCUT2D eigenvalue weighted by Crippen LogP contribution is 2.40. The highest BCUT2D eigenvalue weighted by atomic mass is 35.7. The van der Waals surface area contributed by atoms with Crippen LogP contribution < -0.4 is 10.5 Å². The van der Waals surface area contributed by atoms with E-state index in [2.05, 4.69) is 28.7 Å². The van der Waals surface area contributed by atoms with Gasteiger partial charge < -0.3 is 29.7 Å². The van der Waals surface area contributed by atoms with Crippen LogP contribution in [0.3, 0.4) is 0 Å². The van der Waals surface area contributed by atoms with E-state index < -0.39 is 43.5 Å². The van der Waals surface area contributed by atoms with E-state index in [0.717, 1.165) is 60.7 Å². The normalized spacial score (nSPS) is 16.3. The van der Waals surface area contributed by atoms with Crippen LogP contribution in [0.1, 0.15) is 65.0 Å². The number of nitrogens with zero attached hydrogens (tertiary/aromatic N) is 2. The molecule has 0 radical (unpaired) electrons. The smallest absolute Gasteiger partial charge is 0.373 e. The molecular weight excluding hydrogens is 1050 g/mol. The van der Waals surface area contributed by atoms with Gasteiger partial charge in [0.15, 0.2) is 0 Å². The Balaban J connectivity index is 0.000000392. The van der Waals surface area contributed by atoms with Crippen molar-refractivity contribution in [2.45, 2.75) is 66.6 Å². The van der Waals surface area contributed by atoms with E-state index >= 15 is 0 Å². The first kappa shape index (κ1) is 60.3. The summed E-state index contributed by atoms with van der Waals surface area (Å²) in [5.74, 6) is -2.08. The van der Waals surface area contributed by atoms with Gasteiger partial charge in [0.25, 0.3) is 9.05 Å². The summed E-state index contributed by atoms with van der Waals surface area (Å²) >= 11 is 25.2. The number of halogens is 6. The highest BCUT2D eigenvalue weighted by Gasteiger charge is 2.32. The second-order valence-electron chi connectivity index (χ2n) is 15.3. The van der Waals surface area contributed by atoms with Gasteiger partial charge in [0.1, 0.15) is 6.04 Å². The van der Waals surface area contributed by atoms with E-state index in [1.54, 1.807) is 37.3 Å². The predicted molar refractivity (Wildman–Crippen MR) is 260 cm³/mol. The summed E-state index contributed by atoms with van der Waals surface area (Å²) in [6.07, 6.45) is 0.0520. The molecular formula is C44H50Cl6N4O12S2. The number of methoxy groups -OCH3 is 3. The zero-order chi connectivity index (χ0) is 50.4. The second kappa shape index (κ2) is 27.5. The van der Waals surface area contributed by atoms with Gasteiger partial charge in [-0.3, -0.25) is 14.4 Å². The van der Waals surface area contributed by atoms with E-state index in [1.807, 2.05) is 38.4 Å². The van der Waals surface area contributed by atoms with Crippen LogP contribution >= 0.6 is 69.5 Å². The van der Waals surface area contributed by atoms with Gasteiger partial charge in [-0.05, 0) is 103 Å². The lowest BCUT2D eigenvalue weighted by molar-refractivity contribution is -0.191. The maximum Gasteiger partial charge on any atom is 0.373 e. The molecule has 68 heavy (non-hydrogen) atoms. The molecule has 4 aromatic rings. The van der Waals surface area contributed by atoms with Gasteiger partial charge in [0, 0.05) is 74.8 Å². The van der Waals surface area contributed by atoms with Crippen molar-refractivity contribution >= 4 is 113 Å². The second-order valence-corrected chi connectivity index (χ2v) is 21.3. The zero-order valence-corrected chi connectivity index (χ0v) is 43.7. The summed E-state index contributed by atoms with van der Waals surface area (Å²) in [6.45, 7) is 4.52. The fourth-order valence-corrected chi connectivity index (χ4v) is 10.4. The number of likely N-dealkylation sites (N-methyl/N-ethyl adjacent to an activating group) is 2. The fraction of sp³-hybridized carbons (Fsp3) is 0.364. The Labute approximate surface area is 426 Å². The summed E-state index contributed by atoms with van der Waals surface area (Å²) in [7, 11) is 5.10. The number of fused-ring (bicyclic) bond motifs is 2. The highest BCUT2D eigenvalue weighted by molar-refractivity contribution is 8.13. The SMILES string of the molecule is CN1Cc2c(Cl)cc(Cl)cc2C(c2cccc(S(=O)(=O)Cl)c2)C1.COC(=O)CC(C)N.COC(=O)CC(NS(=O)(=O)c1cccc(C2CN(C)Cc3c(Cl)cc(Cl)cc32)c1)C(=O)OC.Cl.O=C=O. The lowest BCUT2D eigenvalue weighted by Gasteiger charge is -2.33. The number of ether oxygens (including phenoxy) is 3. The third kappa shape index (κ3) is 17.5. The molecule has 6 rings (SSSR count). The van der Waals surface area contributed by atoms with Crippen molar-refractivity contribution in [3.63, 3.8) is 0 Å². The molecule has 4 aromatic carbocycles. The average molecular weight is 1100 g/mol. The first-order valence-corrected chi connectivity index (χ1v) is 25.2. The first-order valence-electron chi connectivity index (χ1n) is 19.8. The molecule has 24 heteroatoms. The summed E-state index contributed by atoms with van der Waals surface area (Å²) in [5, 5.41) is 2.26. The zero-order valence-electron chi connectivity index (χ0n) is 37.5. The molecule has 16 nitrogen and oxygen atoms in total. The van der Waals surface area contributed by atoms with Crippen LogP contribution in [-0.2, 0) is 70.3 Å². The molecule has 0 aromatic heterocycles. The molecule has 0 amide bonds. The number of sulfonamides is 1. The van der Waals surface area contributed by atoms with E-state index in [-0.39, 0.29) is 52.2 Å². The van der Waals surface area contributed by atoms with Crippen LogP contribution in [0.5, 0.6) is 0 Å². The van der Waals surface area contributed by atoms with Gasteiger partial charge in [-0.2, -0.15) is 14.3 Å². The Kier molecular flexibility index (Phi) is 24.4. The summed E-state index contributed by atoms with van der Waals surface area (Å²) in [4.78, 5) is 54.5. The van der Waals surface area contributed by atoms with Gasteiger partial charge in [-0.1, -0.05) is 70.7 Å². The van der Waals surface area contributed by atoms with E-state index in [1.165, 1.54) is 25.3 Å². The van der Waals surface area contributed by atoms with Crippen molar-refractivity contribution in [3.05, 3.63) is 126 Å². The van der Waals surface area contributed by atoms with E-state index in [4.69, 9.17) is 72.4 Å². The number of benzene rings is 4. The largest absolute Gasteiger partial charge is 0.469 e. The molecule has 4 atom stereocenters. The van der Waals surface area contributed by atoms with Crippen molar-refractivity contribution in [2.75, 3.05) is 48.5 Å². The van der Waals surface area contributed by atoms with Crippen molar-refractivity contribution < 1.29 is 55.0 Å². The topological polar surface area (TPSA) is 226 Å². The number of carbonyl (C=O) groups excluding carboxylic acids is 5. The molecule has 0 spiro atoms.